The van der Waals surface area contributed by atoms with Crippen LogP contribution < -0.4 is 4.90 Å². The molecule has 0 radical (unpaired) electrons. The number of hydrogen-bond donors (Lipinski definition) is 1. The smallest absolute Gasteiger partial charge is 0.416 e. The van der Waals surface area contributed by atoms with Crippen LogP contribution in [0.15, 0.2) is 24.3 Å². The van der Waals surface area contributed by atoms with E-state index in [0.717, 1.165) is 12.1 Å². The highest BCUT2D eigenvalue weighted by atomic mass is 19.4. The number of carbonyl (C=O) groups is 1. The van der Waals surface area contributed by atoms with Gasteiger partial charge >= 0.3 is 12.1 Å². The summed E-state index contributed by atoms with van der Waals surface area (Å²) in [5.41, 5.74) is -0.142. The summed E-state index contributed by atoms with van der Waals surface area (Å²) < 4.78 is 42.7. The number of anilines is 1. The Bertz CT molecular complexity index is 473. The van der Waals surface area contributed by atoms with Gasteiger partial charge in [-0.05, 0) is 24.3 Å². The van der Waals surface area contributed by atoms with Crippen LogP contribution >= 0.6 is 0 Å². The Balaban J connectivity index is 2.17. The first-order chi connectivity index (χ1) is 9.38. The SMILES string of the molecule is O=C(O)CC1COCCN1c1ccc(C(F)(F)F)cc1. The Morgan fingerprint density at radius 2 is 2.00 bits per heavy atom. The number of carboxylic acid groups (broad SMARTS) is 1. The maximum Gasteiger partial charge on any atom is 0.416 e. The first-order valence-corrected chi connectivity index (χ1v) is 6.11. The minimum atomic E-state index is -4.37. The first kappa shape index (κ1) is 14.6. The minimum Gasteiger partial charge on any atom is -0.481 e. The summed E-state index contributed by atoms with van der Waals surface area (Å²) >= 11 is 0. The molecule has 1 aliphatic heterocycles. The number of halogens is 3. The van der Waals surface area contributed by atoms with Gasteiger partial charge in [0, 0.05) is 12.2 Å². The minimum absolute atomic E-state index is 0.110. The summed E-state index contributed by atoms with van der Waals surface area (Å²) in [5.74, 6) is -0.961. The molecule has 20 heavy (non-hydrogen) atoms. The van der Waals surface area contributed by atoms with Crippen LogP contribution in [-0.2, 0) is 15.7 Å². The third-order valence-corrected chi connectivity index (χ3v) is 3.16. The van der Waals surface area contributed by atoms with E-state index in [4.69, 9.17) is 9.84 Å². The second-order valence-corrected chi connectivity index (χ2v) is 4.56. The molecule has 1 aromatic rings. The Hall–Kier alpha value is -1.76. The number of morpholine rings is 1. The fraction of sp³-hybridized carbons (Fsp3) is 0.462. The number of nitrogens with zero attached hydrogens (tertiary/aromatic N) is 1. The molecular weight excluding hydrogens is 275 g/mol. The lowest BCUT2D eigenvalue weighted by Gasteiger charge is -2.36. The van der Waals surface area contributed by atoms with Crippen LogP contribution in [0.1, 0.15) is 12.0 Å². The Kier molecular flexibility index (Phi) is 4.17. The van der Waals surface area contributed by atoms with Crippen LogP contribution in [0.2, 0.25) is 0 Å². The molecule has 1 atom stereocenters. The van der Waals surface area contributed by atoms with Gasteiger partial charge in [0.05, 0.1) is 31.2 Å². The van der Waals surface area contributed by atoms with E-state index in [1.807, 2.05) is 0 Å². The molecule has 1 unspecified atom stereocenters. The fourth-order valence-corrected chi connectivity index (χ4v) is 2.21. The van der Waals surface area contributed by atoms with Crippen molar-refractivity contribution in [3.05, 3.63) is 29.8 Å². The molecule has 0 aromatic heterocycles. The quantitative estimate of drug-likeness (QED) is 0.928. The number of benzene rings is 1. The Morgan fingerprint density at radius 1 is 1.35 bits per heavy atom. The lowest BCUT2D eigenvalue weighted by Crippen LogP contribution is -2.46. The highest BCUT2D eigenvalue weighted by Gasteiger charge is 2.31. The number of ether oxygens (including phenoxy) is 1. The third kappa shape index (κ3) is 3.41. The molecule has 0 bridgehead atoms. The second kappa shape index (κ2) is 5.70. The van der Waals surface area contributed by atoms with Crippen molar-refractivity contribution in [2.45, 2.75) is 18.6 Å². The van der Waals surface area contributed by atoms with Gasteiger partial charge in [0.25, 0.3) is 0 Å². The van der Waals surface area contributed by atoms with E-state index >= 15 is 0 Å². The summed E-state index contributed by atoms with van der Waals surface area (Å²) in [6.07, 6.45) is -4.48. The Labute approximate surface area is 113 Å². The predicted octanol–water partition coefficient (Wildman–Crippen LogP) is 2.39. The van der Waals surface area contributed by atoms with Gasteiger partial charge < -0.3 is 14.7 Å². The average molecular weight is 289 g/mol. The summed E-state index contributed by atoms with van der Waals surface area (Å²) in [5, 5.41) is 8.85. The third-order valence-electron chi connectivity index (χ3n) is 3.16. The topological polar surface area (TPSA) is 49.8 Å². The Morgan fingerprint density at radius 3 is 2.55 bits per heavy atom. The number of carboxylic acids is 1. The van der Waals surface area contributed by atoms with E-state index in [0.29, 0.717) is 18.8 Å². The van der Waals surface area contributed by atoms with Crippen LogP contribution in [0, 0.1) is 0 Å². The maximum atomic E-state index is 12.5. The van der Waals surface area contributed by atoms with Gasteiger partial charge in [-0.1, -0.05) is 0 Å². The second-order valence-electron chi connectivity index (χ2n) is 4.56. The highest BCUT2D eigenvalue weighted by Crippen LogP contribution is 2.31. The van der Waals surface area contributed by atoms with Crippen molar-refractivity contribution in [1.82, 2.24) is 0 Å². The number of alkyl halides is 3. The molecule has 0 spiro atoms. The number of hydrogen-bond acceptors (Lipinski definition) is 3. The van der Waals surface area contributed by atoms with Crippen molar-refractivity contribution < 1.29 is 27.8 Å². The summed E-state index contributed by atoms with van der Waals surface area (Å²) in [6.45, 7) is 1.15. The van der Waals surface area contributed by atoms with E-state index in [-0.39, 0.29) is 19.1 Å². The maximum absolute atomic E-state index is 12.5. The fourth-order valence-electron chi connectivity index (χ4n) is 2.21. The molecule has 0 amide bonds. The molecule has 0 saturated carbocycles. The van der Waals surface area contributed by atoms with Gasteiger partial charge in [-0.25, -0.2) is 0 Å². The summed E-state index contributed by atoms with van der Waals surface area (Å²) in [6, 6.07) is 4.37. The molecule has 1 aromatic carbocycles. The van der Waals surface area contributed by atoms with Crippen LogP contribution in [0.3, 0.4) is 0 Å². The standard InChI is InChI=1S/C13H14F3NO3/c14-13(15,16)9-1-3-10(4-2-9)17-5-6-20-8-11(17)7-12(18)19/h1-4,11H,5-8H2,(H,18,19). The van der Waals surface area contributed by atoms with Crippen molar-refractivity contribution in [3.8, 4) is 0 Å². The number of aliphatic carboxylic acids is 1. The van der Waals surface area contributed by atoms with Crippen LogP contribution in [0.4, 0.5) is 18.9 Å². The molecule has 4 nitrogen and oxygen atoms in total. The van der Waals surface area contributed by atoms with E-state index in [1.165, 1.54) is 12.1 Å². The van der Waals surface area contributed by atoms with E-state index in [9.17, 15) is 18.0 Å². The normalized spacial score (nSPS) is 19.9. The van der Waals surface area contributed by atoms with E-state index < -0.39 is 17.7 Å². The molecule has 110 valence electrons. The van der Waals surface area contributed by atoms with Crippen molar-refractivity contribution >= 4 is 11.7 Å². The molecule has 1 aliphatic rings. The molecular formula is C13H14F3NO3. The molecule has 2 rings (SSSR count). The van der Waals surface area contributed by atoms with Crippen molar-refractivity contribution in [2.75, 3.05) is 24.7 Å². The van der Waals surface area contributed by atoms with E-state index in [1.54, 1.807) is 4.90 Å². The monoisotopic (exact) mass is 289 g/mol. The van der Waals surface area contributed by atoms with Crippen LogP contribution in [-0.4, -0.2) is 36.9 Å². The molecule has 1 saturated heterocycles. The predicted molar refractivity (Wildman–Crippen MR) is 65.6 cm³/mol. The highest BCUT2D eigenvalue weighted by molar-refractivity contribution is 5.68. The van der Waals surface area contributed by atoms with Gasteiger partial charge in [-0.2, -0.15) is 13.2 Å². The average Bonchev–Trinajstić information content (AvgIpc) is 2.38. The van der Waals surface area contributed by atoms with Gasteiger partial charge in [0.15, 0.2) is 0 Å². The molecule has 1 N–H and O–H groups in total. The van der Waals surface area contributed by atoms with Crippen molar-refractivity contribution in [1.29, 1.82) is 0 Å². The largest absolute Gasteiger partial charge is 0.481 e. The van der Waals surface area contributed by atoms with E-state index in [2.05, 4.69) is 0 Å². The molecule has 7 heteroatoms. The molecule has 0 aliphatic carbocycles. The zero-order valence-electron chi connectivity index (χ0n) is 10.6. The zero-order valence-corrected chi connectivity index (χ0v) is 10.6. The van der Waals surface area contributed by atoms with Gasteiger partial charge in [-0.15, -0.1) is 0 Å². The van der Waals surface area contributed by atoms with Gasteiger partial charge in [-0.3, -0.25) is 4.79 Å². The number of rotatable bonds is 3. The summed E-state index contributed by atoms with van der Waals surface area (Å²) in [4.78, 5) is 12.6. The molecule has 1 fully saturated rings. The van der Waals surface area contributed by atoms with Crippen molar-refractivity contribution in [3.63, 3.8) is 0 Å². The van der Waals surface area contributed by atoms with Crippen LogP contribution in [0.5, 0.6) is 0 Å². The lowest BCUT2D eigenvalue weighted by atomic mass is 10.1. The van der Waals surface area contributed by atoms with Gasteiger partial charge in [0.1, 0.15) is 0 Å². The van der Waals surface area contributed by atoms with Gasteiger partial charge in [0.2, 0.25) is 0 Å². The van der Waals surface area contributed by atoms with Crippen molar-refractivity contribution in [2.24, 2.45) is 0 Å². The zero-order chi connectivity index (χ0) is 14.8. The molecule has 1 heterocycles. The van der Waals surface area contributed by atoms with Crippen LogP contribution in [0.25, 0.3) is 0 Å². The summed E-state index contributed by atoms with van der Waals surface area (Å²) in [7, 11) is 0. The lowest BCUT2D eigenvalue weighted by molar-refractivity contribution is -0.138. The first-order valence-electron chi connectivity index (χ1n) is 6.11.